The number of nitrogens with zero attached hydrogens (tertiary/aromatic N) is 1. The third-order valence-electron chi connectivity index (χ3n) is 5.21. The van der Waals surface area contributed by atoms with Crippen LogP contribution < -0.4 is 5.32 Å². The summed E-state index contributed by atoms with van der Waals surface area (Å²) in [7, 11) is 0. The zero-order valence-electron chi connectivity index (χ0n) is 12.7. The van der Waals surface area contributed by atoms with Crippen molar-refractivity contribution < 1.29 is 9.59 Å². The second-order valence-corrected chi connectivity index (χ2v) is 7.97. The van der Waals surface area contributed by atoms with Crippen molar-refractivity contribution in [2.75, 3.05) is 24.6 Å². The van der Waals surface area contributed by atoms with Gasteiger partial charge >= 0.3 is 0 Å². The van der Waals surface area contributed by atoms with Gasteiger partial charge in [0, 0.05) is 19.5 Å². The number of nitrogens with one attached hydrogen (secondary N) is 1. The molecule has 118 valence electrons. The van der Waals surface area contributed by atoms with Crippen LogP contribution in [0, 0.1) is 5.92 Å². The Morgan fingerprint density at radius 3 is 2.57 bits per heavy atom. The largest absolute Gasteiger partial charge is 0.342 e. The predicted molar refractivity (Wildman–Crippen MR) is 85.2 cm³/mol. The van der Waals surface area contributed by atoms with Crippen LogP contribution in [-0.2, 0) is 9.59 Å². The smallest absolute Gasteiger partial charge is 0.248 e. The number of thioether (sulfide) groups is 1. The van der Waals surface area contributed by atoms with Crippen molar-refractivity contribution in [1.82, 2.24) is 10.2 Å². The van der Waals surface area contributed by atoms with Gasteiger partial charge in [0.2, 0.25) is 11.8 Å². The van der Waals surface area contributed by atoms with Crippen LogP contribution >= 0.6 is 11.8 Å². The molecular weight excluding hydrogens is 284 g/mol. The summed E-state index contributed by atoms with van der Waals surface area (Å²) >= 11 is 2.02. The van der Waals surface area contributed by atoms with E-state index in [4.69, 9.17) is 0 Å². The summed E-state index contributed by atoms with van der Waals surface area (Å²) in [5.41, 5.74) is -0.574. The summed E-state index contributed by atoms with van der Waals surface area (Å²) in [6, 6.07) is 0. The van der Waals surface area contributed by atoms with Crippen LogP contribution in [-0.4, -0.2) is 46.8 Å². The first-order valence-corrected chi connectivity index (χ1v) is 9.53. The highest BCUT2D eigenvalue weighted by atomic mass is 32.2. The van der Waals surface area contributed by atoms with E-state index in [2.05, 4.69) is 5.32 Å². The van der Waals surface area contributed by atoms with Crippen LogP contribution in [0.25, 0.3) is 0 Å². The van der Waals surface area contributed by atoms with E-state index in [0.29, 0.717) is 18.9 Å². The van der Waals surface area contributed by atoms with Gasteiger partial charge in [0.1, 0.15) is 5.54 Å². The number of hydrogen-bond acceptors (Lipinski definition) is 3. The summed E-state index contributed by atoms with van der Waals surface area (Å²) in [6.45, 7) is 1.46. The molecule has 0 aromatic carbocycles. The second kappa shape index (κ2) is 6.59. The molecule has 0 aromatic heterocycles. The molecule has 3 fully saturated rings. The standard InChI is InChI=1S/C16H26N2O2S/c19-14-4-9-18(12-13-5-10-21-11-6-13)15(20)16(17-14)7-2-1-3-8-16/h13H,1-12H2,(H,17,19). The van der Waals surface area contributed by atoms with E-state index in [9.17, 15) is 9.59 Å². The van der Waals surface area contributed by atoms with Crippen molar-refractivity contribution in [3.63, 3.8) is 0 Å². The molecule has 1 N–H and O–H groups in total. The normalized spacial score (nSPS) is 27.5. The number of hydrogen-bond donors (Lipinski definition) is 1. The van der Waals surface area contributed by atoms with Gasteiger partial charge in [-0.3, -0.25) is 9.59 Å². The van der Waals surface area contributed by atoms with Crippen molar-refractivity contribution in [3.8, 4) is 0 Å². The summed E-state index contributed by atoms with van der Waals surface area (Å²) in [4.78, 5) is 27.1. The molecule has 0 bridgehead atoms. The van der Waals surface area contributed by atoms with E-state index in [1.165, 1.54) is 30.8 Å². The van der Waals surface area contributed by atoms with Gasteiger partial charge in [-0.1, -0.05) is 19.3 Å². The maximum absolute atomic E-state index is 13.0. The van der Waals surface area contributed by atoms with E-state index in [1.807, 2.05) is 16.7 Å². The molecule has 1 spiro atoms. The first kappa shape index (κ1) is 15.2. The minimum atomic E-state index is -0.574. The first-order valence-electron chi connectivity index (χ1n) is 8.38. The van der Waals surface area contributed by atoms with Gasteiger partial charge in [0.05, 0.1) is 0 Å². The van der Waals surface area contributed by atoms with Gasteiger partial charge in [-0.2, -0.15) is 11.8 Å². The van der Waals surface area contributed by atoms with Crippen LogP contribution in [0.15, 0.2) is 0 Å². The Morgan fingerprint density at radius 1 is 1.14 bits per heavy atom. The third kappa shape index (κ3) is 3.38. The topological polar surface area (TPSA) is 49.4 Å². The Hall–Kier alpha value is -0.710. The monoisotopic (exact) mass is 310 g/mol. The van der Waals surface area contributed by atoms with Crippen molar-refractivity contribution in [2.24, 2.45) is 5.92 Å². The fraction of sp³-hybridized carbons (Fsp3) is 0.875. The minimum Gasteiger partial charge on any atom is -0.342 e. The molecule has 2 amide bonds. The molecule has 5 heteroatoms. The van der Waals surface area contributed by atoms with E-state index in [1.54, 1.807) is 0 Å². The fourth-order valence-corrected chi connectivity index (χ4v) is 5.14. The molecule has 0 radical (unpaired) electrons. The van der Waals surface area contributed by atoms with Gasteiger partial charge in [0.25, 0.3) is 0 Å². The molecule has 2 heterocycles. The lowest BCUT2D eigenvalue weighted by atomic mass is 9.80. The highest BCUT2D eigenvalue weighted by Crippen LogP contribution is 2.32. The van der Waals surface area contributed by atoms with Gasteiger partial charge in [-0.15, -0.1) is 0 Å². The molecule has 3 aliphatic rings. The molecular formula is C16H26N2O2S. The van der Waals surface area contributed by atoms with Crippen molar-refractivity contribution in [2.45, 2.75) is 56.9 Å². The summed E-state index contributed by atoms with van der Waals surface area (Å²) in [5, 5.41) is 3.08. The van der Waals surface area contributed by atoms with Gasteiger partial charge < -0.3 is 10.2 Å². The highest BCUT2D eigenvalue weighted by Gasteiger charge is 2.45. The zero-order valence-corrected chi connectivity index (χ0v) is 13.6. The third-order valence-corrected chi connectivity index (χ3v) is 6.26. The molecule has 1 saturated carbocycles. The number of carbonyl (C=O) groups excluding carboxylic acids is 2. The van der Waals surface area contributed by atoms with Gasteiger partial charge in [-0.25, -0.2) is 0 Å². The molecule has 0 aromatic rings. The Kier molecular flexibility index (Phi) is 4.77. The molecule has 1 aliphatic carbocycles. The van der Waals surface area contributed by atoms with Crippen molar-refractivity contribution in [3.05, 3.63) is 0 Å². The summed E-state index contributed by atoms with van der Waals surface area (Å²) in [6.07, 6.45) is 7.84. The van der Waals surface area contributed by atoms with Gasteiger partial charge in [-0.05, 0) is 43.1 Å². The van der Waals surface area contributed by atoms with Crippen LogP contribution in [0.2, 0.25) is 0 Å². The Morgan fingerprint density at radius 2 is 1.86 bits per heavy atom. The average Bonchev–Trinajstić information content (AvgIpc) is 2.62. The first-order chi connectivity index (χ1) is 10.2. The van der Waals surface area contributed by atoms with Crippen molar-refractivity contribution >= 4 is 23.6 Å². The predicted octanol–water partition coefficient (Wildman–Crippen LogP) is 2.18. The van der Waals surface area contributed by atoms with E-state index in [-0.39, 0.29) is 11.8 Å². The molecule has 21 heavy (non-hydrogen) atoms. The summed E-state index contributed by atoms with van der Waals surface area (Å²) in [5.74, 6) is 3.33. The number of rotatable bonds is 2. The highest BCUT2D eigenvalue weighted by molar-refractivity contribution is 7.99. The summed E-state index contributed by atoms with van der Waals surface area (Å²) < 4.78 is 0. The number of amides is 2. The second-order valence-electron chi connectivity index (χ2n) is 6.75. The van der Waals surface area contributed by atoms with Crippen LogP contribution in [0.1, 0.15) is 51.4 Å². The Bertz CT molecular complexity index is 401. The van der Waals surface area contributed by atoms with Crippen molar-refractivity contribution in [1.29, 1.82) is 0 Å². The molecule has 2 aliphatic heterocycles. The fourth-order valence-electron chi connectivity index (χ4n) is 3.93. The lowest BCUT2D eigenvalue weighted by Crippen LogP contribution is -2.58. The quantitative estimate of drug-likeness (QED) is 0.850. The van der Waals surface area contributed by atoms with E-state index < -0.39 is 5.54 Å². The lowest BCUT2D eigenvalue weighted by Gasteiger charge is -2.39. The minimum absolute atomic E-state index is 0.0620. The van der Waals surface area contributed by atoms with E-state index in [0.717, 1.165) is 32.2 Å². The number of carbonyl (C=O) groups is 2. The van der Waals surface area contributed by atoms with Crippen LogP contribution in [0.3, 0.4) is 0 Å². The molecule has 2 saturated heterocycles. The molecule has 4 nitrogen and oxygen atoms in total. The molecule has 0 atom stereocenters. The SMILES string of the molecule is O=C1CCN(CC2CCSCC2)C(=O)C2(CCCCC2)N1. The average molecular weight is 310 g/mol. The Labute approximate surface area is 131 Å². The molecule has 0 unspecified atom stereocenters. The van der Waals surface area contributed by atoms with Gasteiger partial charge in [0.15, 0.2) is 0 Å². The Balaban J connectivity index is 1.72. The maximum Gasteiger partial charge on any atom is 0.248 e. The maximum atomic E-state index is 13.0. The molecule has 3 rings (SSSR count). The van der Waals surface area contributed by atoms with Crippen LogP contribution in [0.5, 0.6) is 0 Å². The van der Waals surface area contributed by atoms with E-state index >= 15 is 0 Å². The lowest BCUT2D eigenvalue weighted by molar-refractivity contribution is -0.141. The van der Waals surface area contributed by atoms with Crippen LogP contribution in [0.4, 0.5) is 0 Å². The zero-order chi connectivity index (χ0) is 14.7.